The van der Waals surface area contributed by atoms with E-state index in [1.165, 1.54) is 11.3 Å². The lowest BCUT2D eigenvalue weighted by Crippen LogP contribution is -2.49. The zero-order chi connectivity index (χ0) is 31.4. The van der Waals surface area contributed by atoms with Crippen molar-refractivity contribution in [2.24, 2.45) is 5.92 Å². The first-order valence-electron chi connectivity index (χ1n) is 14.3. The number of carbonyl (C=O) groups excluding carboxylic acids is 2. The molecule has 1 aromatic heterocycles. The Morgan fingerprint density at radius 2 is 1.95 bits per heavy atom. The van der Waals surface area contributed by atoms with Gasteiger partial charge in [0.05, 0.1) is 33.9 Å². The SMILES string of the molecule is C[C@@H]1CN([C@@H](C)CO)C(=O)c2cccc(NC(=O)c3ccc(-c4nccs4)cc3)c2O[C@H]1CN(C)Cc1ccc(Cl)c(Cl)c1. The Bertz CT molecular complexity index is 1620. The number of aliphatic hydroxyl groups excluding tert-OH is 1. The van der Waals surface area contributed by atoms with Crippen LogP contribution < -0.4 is 10.1 Å². The van der Waals surface area contributed by atoms with Crippen LogP contribution in [0.5, 0.6) is 5.75 Å². The third-order valence-corrected chi connectivity index (χ3v) is 9.26. The number of anilines is 1. The topological polar surface area (TPSA) is 95.0 Å². The highest BCUT2D eigenvalue weighted by Crippen LogP contribution is 2.35. The van der Waals surface area contributed by atoms with Crippen LogP contribution in [0.25, 0.3) is 10.6 Å². The minimum absolute atomic E-state index is 0.0977. The van der Waals surface area contributed by atoms with Gasteiger partial charge < -0.3 is 20.1 Å². The van der Waals surface area contributed by atoms with Gasteiger partial charge in [0.2, 0.25) is 0 Å². The predicted octanol–water partition coefficient (Wildman–Crippen LogP) is 6.72. The number of para-hydroxylation sites is 1. The first-order valence-corrected chi connectivity index (χ1v) is 15.9. The van der Waals surface area contributed by atoms with Crippen LogP contribution in [0.15, 0.2) is 72.2 Å². The number of likely N-dealkylation sites (N-methyl/N-ethyl adjacent to an activating group) is 1. The van der Waals surface area contributed by atoms with Crippen molar-refractivity contribution in [2.45, 2.75) is 32.5 Å². The summed E-state index contributed by atoms with van der Waals surface area (Å²) in [4.78, 5) is 35.3. The number of carbonyl (C=O) groups is 2. The van der Waals surface area contributed by atoms with Gasteiger partial charge in [0.15, 0.2) is 5.75 Å². The maximum absolute atomic E-state index is 13.8. The molecule has 0 fully saturated rings. The third kappa shape index (κ3) is 7.25. The van der Waals surface area contributed by atoms with Gasteiger partial charge in [0.1, 0.15) is 11.1 Å². The minimum atomic E-state index is -0.403. The van der Waals surface area contributed by atoms with Gasteiger partial charge in [0.25, 0.3) is 11.8 Å². The second-order valence-electron chi connectivity index (χ2n) is 11.1. The first-order chi connectivity index (χ1) is 21.1. The van der Waals surface area contributed by atoms with Gasteiger partial charge in [-0.25, -0.2) is 4.98 Å². The lowest BCUT2D eigenvalue weighted by molar-refractivity contribution is 0.0343. The number of halogens is 2. The van der Waals surface area contributed by atoms with E-state index in [0.29, 0.717) is 52.2 Å². The second-order valence-corrected chi connectivity index (χ2v) is 12.8. The number of hydrogen-bond acceptors (Lipinski definition) is 7. The summed E-state index contributed by atoms with van der Waals surface area (Å²) in [5, 5.41) is 16.7. The molecule has 0 saturated heterocycles. The first kappa shape index (κ1) is 31.9. The van der Waals surface area contributed by atoms with Gasteiger partial charge in [-0.1, -0.05) is 54.4 Å². The zero-order valence-corrected chi connectivity index (χ0v) is 27.0. The molecule has 0 radical (unpaired) electrons. The van der Waals surface area contributed by atoms with Gasteiger partial charge >= 0.3 is 0 Å². The summed E-state index contributed by atoms with van der Waals surface area (Å²) in [6.45, 7) is 5.19. The number of hydrogen-bond donors (Lipinski definition) is 2. The molecule has 2 heterocycles. The standard InChI is InChI=1S/C33H34Cl2N4O4S/c1-20-16-39(21(2)19-40)33(42)25-5-4-6-28(37-31(41)23-8-10-24(11-9-23)32-36-13-14-44-32)30(25)43-29(20)18-38(3)17-22-7-12-26(34)27(35)15-22/h4-15,20-21,29,40H,16-19H2,1-3H3,(H,37,41)/t20-,21+,29+/m1/s1. The number of aromatic nitrogens is 1. The van der Waals surface area contributed by atoms with Gasteiger partial charge in [-0.15, -0.1) is 11.3 Å². The molecule has 11 heteroatoms. The normalized spacial score (nSPS) is 17.4. The Morgan fingerprint density at radius 1 is 1.18 bits per heavy atom. The van der Waals surface area contributed by atoms with E-state index in [0.717, 1.165) is 16.1 Å². The molecule has 1 aliphatic rings. The van der Waals surface area contributed by atoms with Crippen LogP contribution in [0.1, 0.15) is 40.1 Å². The summed E-state index contributed by atoms with van der Waals surface area (Å²) < 4.78 is 6.65. The van der Waals surface area contributed by atoms with E-state index < -0.39 is 6.04 Å². The molecule has 1 aliphatic heterocycles. The highest BCUT2D eigenvalue weighted by Gasteiger charge is 2.34. The fourth-order valence-electron chi connectivity index (χ4n) is 5.21. The number of aliphatic hydroxyl groups is 1. The van der Waals surface area contributed by atoms with Crippen molar-refractivity contribution in [3.05, 3.63) is 99.0 Å². The molecule has 2 amide bonds. The van der Waals surface area contributed by atoms with Crippen molar-refractivity contribution in [1.82, 2.24) is 14.8 Å². The Morgan fingerprint density at radius 3 is 2.64 bits per heavy atom. The van der Waals surface area contributed by atoms with E-state index in [-0.39, 0.29) is 30.4 Å². The summed E-state index contributed by atoms with van der Waals surface area (Å²) in [6.07, 6.45) is 1.39. The molecule has 0 aliphatic carbocycles. The molecule has 3 atom stereocenters. The van der Waals surface area contributed by atoms with Gasteiger partial charge in [0, 0.05) is 48.3 Å². The second kappa shape index (κ2) is 14.1. The minimum Gasteiger partial charge on any atom is -0.486 e. The Hall–Kier alpha value is -3.47. The summed E-state index contributed by atoms with van der Waals surface area (Å²) in [5.74, 6) is -0.386. The van der Waals surface area contributed by atoms with Crippen LogP contribution in [0.2, 0.25) is 10.0 Å². The molecule has 5 rings (SSSR count). The number of amides is 2. The predicted molar refractivity (Wildman–Crippen MR) is 176 cm³/mol. The van der Waals surface area contributed by atoms with E-state index in [1.54, 1.807) is 47.5 Å². The van der Waals surface area contributed by atoms with E-state index >= 15 is 0 Å². The van der Waals surface area contributed by atoms with Gasteiger partial charge in [-0.05, 0) is 55.9 Å². The van der Waals surface area contributed by atoms with Crippen LogP contribution in [0.3, 0.4) is 0 Å². The van der Waals surface area contributed by atoms with Crippen LogP contribution in [-0.2, 0) is 6.54 Å². The molecule has 0 unspecified atom stereocenters. The number of fused-ring (bicyclic) bond motifs is 1. The average Bonchev–Trinajstić information content (AvgIpc) is 3.56. The number of ether oxygens (including phenoxy) is 1. The molecular formula is C33H34Cl2N4O4S. The Kier molecular flexibility index (Phi) is 10.2. The molecule has 0 saturated carbocycles. The third-order valence-electron chi connectivity index (χ3n) is 7.69. The molecule has 2 N–H and O–H groups in total. The molecule has 3 aromatic carbocycles. The lowest BCUT2D eigenvalue weighted by Gasteiger charge is -2.38. The van der Waals surface area contributed by atoms with Crippen molar-refractivity contribution >= 4 is 52.0 Å². The van der Waals surface area contributed by atoms with E-state index in [9.17, 15) is 14.7 Å². The van der Waals surface area contributed by atoms with Crippen LogP contribution >= 0.6 is 34.5 Å². The fraction of sp³-hybridized carbons (Fsp3) is 0.303. The van der Waals surface area contributed by atoms with E-state index in [4.69, 9.17) is 27.9 Å². The van der Waals surface area contributed by atoms with E-state index in [1.807, 2.05) is 50.5 Å². The number of thiazole rings is 1. The summed E-state index contributed by atoms with van der Waals surface area (Å²) in [7, 11) is 1.99. The maximum Gasteiger partial charge on any atom is 0.258 e. The molecule has 230 valence electrons. The zero-order valence-electron chi connectivity index (χ0n) is 24.7. The molecule has 4 aromatic rings. The van der Waals surface area contributed by atoms with Gasteiger partial charge in [-0.3, -0.25) is 14.5 Å². The summed E-state index contributed by atoms with van der Waals surface area (Å²) >= 11 is 13.9. The van der Waals surface area contributed by atoms with E-state index in [2.05, 4.69) is 15.2 Å². The smallest absolute Gasteiger partial charge is 0.258 e. The van der Waals surface area contributed by atoms with Crippen molar-refractivity contribution in [3.8, 4) is 16.3 Å². The quantitative estimate of drug-likeness (QED) is 0.208. The number of rotatable bonds is 9. The Balaban J connectivity index is 1.43. The largest absolute Gasteiger partial charge is 0.486 e. The number of nitrogens with zero attached hydrogens (tertiary/aromatic N) is 3. The van der Waals surface area contributed by atoms with Crippen molar-refractivity contribution < 1.29 is 19.4 Å². The maximum atomic E-state index is 13.8. The molecule has 44 heavy (non-hydrogen) atoms. The van der Waals surface area contributed by atoms with Crippen molar-refractivity contribution in [1.29, 1.82) is 0 Å². The summed E-state index contributed by atoms with van der Waals surface area (Å²) in [5.41, 5.74) is 3.11. The number of benzene rings is 3. The monoisotopic (exact) mass is 652 g/mol. The lowest BCUT2D eigenvalue weighted by atomic mass is 9.98. The van der Waals surface area contributed by atoms with Crippen LogP contribution in [0, 0.1) is 5.92 Å². The molecular weight excluding hydrogens is 619 g/mol. The van der Waals surface area contributed by atoms with Crippen molar-refractivity contribution in [3.63, 3.8) is 0 Å². The van der Waals surface area contributed by atoms with Crippen molar-refractivity contribution in [2.75, 3.05) is 32.1 Å². The highest BCUT2D eigenvalue weighted by molar-refractivity contribution is 7.13. The Labute approximate surface area is 271 Å². The molecule has 0 spiro atoms. The van der Waals surface area contributed by atoms with Gasteiger partial charge in [-0.2, -0.15) is 0 Å². The van der Waals surface area contributed by atoms with Crippen LogP contribution in [-0.4, -0.2) is 70.6 Å². The van der Waals surface area contributed by atoms with Crippen LogP contribution in [0.4, 0.5) is 5.69 Å². The highest BCUT2D eigenvalue weighted by atomic mass is 35.5. The number of nitrogens with one attached hydrogen (secondary N) is 1. The molecule has 8 nitrogen and oxygen atoms in total. The summed E-state index contributed by atoms with van der Waals surface area (Å²) in [6, 6.07) is 17.5. The fourth-order valence-corrected chi connectivity index (χ4v) is 6.17. The molecule has 0 bridgehead atoms. The average molecular weight is 654 g/mol.